The molecule has 0 bridgehead atoms. The molecule has 0 amide bonds. The normalized spacial score (nSPS) is 11.0. The van der Waals surface area contributed by atoms with Gasteiger partial charge in [-0.2, -0.15) is 18.4 Å². The van der Waals surface area contributed by atoms with Crippen molar-refractivity contribution in [2.45, 2.75) is 13.1 Å². The van der Waals surface area contributed by atoms with Gasteiger partial charge in [-0.1, -0.05) is 15.9 Å². The molecule has 0 heterocycles. The molecule has 2 aromatic carbocycles. The maximum Gasteiger partial charge on any atom is 0.416 e. The number of benzene rings is 2. The minimum atomic E-state index is -4.46. The van der Waals surface area contributed by atoms with Crippen LogP contribution in [0.3, 0.4) is 0 Å². The molecule has 6 heteroatoms. The van der Waals surface area contributed by atoms with Crippen molar-refractivity contribution in [3.05, 3.63) is 57.6 Å². The zero-order valence-corrected chi connectivity index (χ0v) is 12.5. The smallest absolute Gasteiger partial charge is 0.354 e. The van der Waals surface area contributed by atoms with Crippen molar-refractivity contribution >= 4 is 27.3 Å². The van der Waals surface area contributed by atoms with E-state index in [1.54, 1.807) is 12.1 Å². The third-order valence-electron chi connectivity index (χ3n) is 2.79. The van der Waals surface area contributed by atoms with Gasteiger partial charge in [-0.3, -0.25) is 0 Å². The summed E-state index contributed by atoms with van der Waals surface area (Å²) in [4.78, 5) is 0. The van der Waals surface area contributed by atoms with E-state index < -0.39 is 11.7 Å². The number of aryl methyl sites for hydroxylation is 1. The lowest BCUT2D eigenvalue weighted by Gasteiger charge is -2.12. The van der Waals surface area contributed by atoms with Crippen LogP contribution in [0, 0.1) is 18.3 Å². The molecule has 0 aliphatic rings. The summed E-state index contributed by atoms with van der Waals surface area (Å²) in [6.45, 7) is 1.90. The fourth-order valence-corrected chi connectivity index (χ4v) is 2.49. The lowest BCUT2D eigenvalue weighted by atomic mass is 10.1. The van der Waals surface area contributed by atoms with Gasteiger partial charge in [0.25, 0.3) is 0 Å². The molecule has 0 radical (unpaired) electrons. The van der Waals surface area contributed by atoms with Gasteiger partial charge in [-0.15, -0.1) is 0 Å². The molecule has 2 aromatic rings. The summed E-state index contributed by atoms with van der Waals surface area (Å²) in [5, 5.41) is 12.0. The van der Waals surface area contributed by atoms with E-state index in [0.717, 1.165) is 22.2 Å². The molecule has 0 unspecified atom stereocenters. The number of nitrogens with one attached hydrogen (secondary N) is 1. The van der Waals surface area contributed by atoms with Crippen LogP contribution in [0.5, 0.6) is 0 Å². The highest BCUT2D eigenvalue weighted by Crippen LogP contribution is 2.32. The van der Waals surface area contributed by atoms with Crippen molar-refractivity contribution in [1.82, 2.24) is 0 Å². The van der Waals surface area contributed by atoms with Crippen LogP contribution >= 0.6 is 15.9 Å². The summed E-state index contributed by atoms with van der Waals surface area (Å²) in [5.74, 6) is 0. The van der Waals surface area contributed by atoms with E-state index in [2.05, 4.69) is 21.2 Å². The maximum absolute atomic E-state index is 12.6. The van der Waals surface area contributed by atoms with Gasteiger partial charge < -0.3 is 5.32 Å². The van der Waals surface area contributed by atoms with Gasteiger partial charge in [-0.25, -0.2) is 0 Å². The maximum atomic E-state index is 12.6. The molecule has 2 nitrogen and oxygen atoms in total. The van der Waals surface area contributed by atoms with Crippen molar-refractivity contribution in [3.63, 3.8) is 0 Å². The SMILES string of the molecule is Cc1cc(Br)cc(Nc2ccc(C(F)(F)F)cc2C#N)c1. The summed E-state index contributed by atoms with van der Waals surface area (Å²) < 4.78 is 38.7. The Kier molecular flexibility index (Phi) is 4.24. The van der Waals surface area contributed by atoms with Gasteiger partial charge in [0.15, 0.2) is 0 Å². The Morgan fingerprint density at radius 2 is 1.86 bits per heavy atom. The highest BCUT2D eigenvalue weighted by Gasteiger charge is 2.31. The molecule has 0 spiro atoms. The number of halogens is 4. The topological polar surface area (TPSA) is 35.8 Å². The molecule has 1 N–H and O–H groups in total. The first-order chi connectivity index (χ1) is 9.79. The van der Waals surface area contributed by atoms with Crippen LogP contribution in [-0.2, 0) is 6.18 Å². The zero-order valence-electron chi connectivity index (χ0n) is 10.9. The van der Waals surface area contributed by atoms with E-state index >= 15 is 0 Å². The second-order valence-corrected chi connectivity index (χ2v) is 5.43. The minimum absolute atomic E-state index is 0.0533. The molecule has 0 saturated heterocycles. The second kappa shape index (κ2) is 5.78. The number of hydrogen-bond acceptors (Lipinski definition) is 2. The Morgan fingerprint density at radius 1 is 1.14 bits per heavy atom. The largest absolute Gasteiger partial charge is 0.416 e. The van der Waals surface area contributed by atoms with Gasteiger partial charge in [0.2, 0.25) is 0 Å². The van der Waals surface area contributed by atoms with Crippen LogP contribution in [0.25, 0.3) is 0 Å². The Balaban J connectivity index is 2.39. The zero-order chi connectivity index (χ0) is 15.6. The lowest BCUT2D eigenvalue weighted by molar-refractivity contribution is -0.137. The van der Waals surface area contributed by atoms with Crippen molar-refractivity contribution in [2.24, 2.45) is 0 Å². The van der Waals surface area contributed by atoms with E-state index in [9.17, 15) is 13.2 Å². The standard InChI is InChI=1S/C15H10BrF3N2/c1-9-4-12(16)7-13(5-9)21-14-3-2-11(15(17,18)19)6-10(14)8-20/h2-7,21H,1H3. The van der Waals surface area contributed by atoms with Crippen molar-refractivity contribution in [3.8, 4) is 6.07 Å². The van der Waals surface area contributed by atoms with Crippen molar-refractivity contribution in [1.29, 1.82) is 5.26 Å². The number of alkyl halides is 3. The molecule has 0 aromatic heterocycles. The molecular weight excluding hydrogens is 345 g/mol. The Labute approximate surface area is 128 Å². The van der Waals surface area contributed by atoms with Crippen LogP contribution in [0.4, 0.5) is 24.5 Å². The molecular formula is C15H10BrF3N2. The number of hydrogen-bond donors (Lipinski definition) is 1. The molecule has 21 heavy (non-hydrogen) atoms. The highest BCUT2D eigenvalue weighted by atomic mass is 79.9. The van der Waals surface area contributed by atoms with Gasteiger partial charge in [0.1, 0.15) is 6.07 Å². The summed E-state index contributed by atoms with van der Waals surface area (Å²) in [7, 11) is 0. The summed E-state index contributed by atoms with van der Waals surface area (Å²) in [6.07, 6.45) is -4.46. The summed E-state index contributed by atoms with van der Waals surface area (Å²) in [5.41, 5.74) is 1.12. The van der Waals surface area contributed by atoms with E-state index in [4.69, 9.17) is 5.26 Å². The monoisotopic (exact) mass is 354 g/mol. The number of anilines is 2. The van der Waals surface area contributed by atoms with Gasteiger partial charge in [0, 0.05) is 10.2 Å². The lowest BCUT2D eigenvalue weighted by Crippen LogP contribution is -2.06. The van der Waals surface area contributed by atoms with Gasteiger partial charge >= 0.3 is 6.18 Å². The van der Waals surface area contributed by atoms with E-state index in [0.29, 0.717) is 11.4 Å². The molecule has 0 saturated carbocycles. The molecule has 0 aliphatic heterocycles. The fourth-order valence-electron chi connectivity index (χ4n) is 1.89. The molecule has 0 fully saturated rings. The number of rotatable bonds is 2. The predicted octanol–water partition coefficient (Wildman–Crippen LogP) is 5.39. The average molecular weight is 355 g/mol. The van der Waals surface area contributed by atoms with E-state index in [1.807, 2.05) is 19.1 Å². The molecule has 0 atom stereocenters. The first-order valence-electron chi connectivity index (χ1n) is 5.95. The Morgan fingerprint density at radius 3 is 2.43 bits per heavy atom. The average Bonchev–Trinajstić information content (AvgIpc) is 2.36. The third kappa shape index (κ3) is 3.76. The minimum Gasteiger partial charge on any atom is -0.354 e. The van der Waals surface area contributed by atoms with Crippen LogP contribution in [-0.4, -0.2) is 0 Å². The number of nitrogens with zero attached hydrogens (tertiary/aromatic N) is 1. The van der Waals surface area contributed by atoms with Crippen LogP contribution in [0.15, 0.2) is 40.9 Å². The number of nitriles is 1. The Hall–Kier alpha value is -2.00. The van der Waals surface area contributed by atoms with Gasteiger partial charge in [0.05, 0.1) is 16.8 Å². The highest BCUT2D eigenvalue weighted by molar-refractivity contribution is 9.10. The van der Waals surface area contributed by atoms with Crippen LogP contribution < -0.4 is 5.32 Å². The quantitative estimate of drug-likeness (QED) is 0.784. The Bertz CT molecular complexity index is 698. The summed E-state index contributed by atoms with van der Waals surface area (Å²) >= 11 is 3.35. The van der Waals surface area contributed by atoms with Gasteiger partial charge in [-0.05, 0) is 48.9 Å². The van der Waals surface area contributed by atoms with Crippen LogP contribution in [0.1, 0.15) is 16.7 Å². The third-order valence-corrected chi connectivity index (χ3v) is 3.25. The van der Waals surface area contributed by atoms with E-state index in [-0.39, 0.29) is 5.56 Å². The first-order valence-corrected chi connectivity index (χ1v) is 6.74. The van der Waals surface area contributed by atoms with E-state index in [1.165, 1.54) is 6.07 Å². The first kappa shape index (κ1) is 15.4. The van der Waals surface area contributed by atoms with Crippen molar-refractivity contribution in [2.75, 3.05) is 5.32 Å². The molecule has 108 valence electrons. The van der Waals surface area contributed by atoms with Crippen molar-refractivity contribution < 1.29 is 13.2 Å². The molecule has 0 aliphatic carbocycles. The molecule has 2 rings (SSSR count). The summed E-state index contributed by atoms with van der Waals surface area (Å²) in [6, 6.07) is 10.4. The fraction of sp³-hybridized carbons (Fsp3) is 0.133. The second-order valence-electron chi connectivity index (χ2n) is 4.51. The predicted molar refractivity (Wildman–Crippen MR) is 78.3 cm³/mol. The van der Waals surface area contributed by atoms with Crippen LogP contribution in [0.2, 0.25) is 0 Å².